The van der Waals surface area contributed by atoms with Gasteiger partial charge in [-0.15, -0.1) is 0 Å². The van der Waals surface area contributed by atoms with E-state index in [0.29, 0.717) is 24.6 Å². The van der Waals surface area contributed by atoms with Crippen LogP contribution in [0.4, 0.5) is 0 Å². The second-order valence-corrected chi connectivity index (χ2v) is 8.88. The number of nitrogens with one attached hydrogen (secondary N) is 2. The van der Waals surface area contributed by atoms with E-state index in [2.05, 4.69) is 21.6 Å². The van der Waals surface area contributed by atoms with Crippen LogP contribution in [0.2, 0.25) is 0 Å². The van der Waals surface area contributed by atoms with Crippen LogP contribution in [0.3, 0.4) is 0 Å². The molecule has 4 heterocycles. The van der Waals surface area contributed by atoms with Crippen molar-refractivity contribution in [2.24, 2.45) is 5.92 Å². The Bertz CT molecular complexity index is 848. The predicted molar refractivity (Wildman–Crippen MR) is 107 cm³/mol. The Hall–Kier alpha value is -2.25. The van der Waals surface area contributed by atoms with Gasteiger partial charge in [0.15, 0.2) is 0 Å². The van der Waals surface area contributed by atoms with Gasteiger partial charge in [-0.05, 0) is 61.9 Å². The van der Waals surface area contributed by atoms with Crippen LogP contribution in [0, 0.1) is 5.92 Å². The van der Waals surface area contributed by atoms with Crippen molar-refractivity contribution in [3.63, 3.8) is 0 Å². The maximum atomic E-state index is 13.0. The summed E-state index contributed by atoms with van der Waals surface area (Å²) in [6.45, 7) is 4.68. The molecule has 0 aliphatic carbocycles. The molecule has 4 aliphatic heterocycles. The maximum absolute atomic E-state index is 13.0. The van der Waals surface area contributed by atoms with Gasteiger partial charge in [0.25, 0.3) is 5.91 Å². The zero-order valence-electron chi connectivity index (χ0n) is 16.7. The molecule has 3 unspecified atom stereocenters. The Kier molecular flexibility index (Phi) is 4.87. The summed E-state index contributed by atoms with van der Waals surface area (Å²) in [4.78, 5) is 40.7. The highest BCUT2D eigenvalue weighted by Gasteiger charge is 2.39. The summed E-state index contributed by atoms with van der Waals surface area (Å²) in [7, 11) is 0. The minimum atomic E-state index is -0.547. The van der Waals surface area contributed by atoms with E-state index in [-0.39, 0.29) is 24.1 Å². The number of hydrogen-bond acceptors (Lipinski definition) is 5. The second-order valence-electron chi connectivity index (χ2n) is 8.88. The highest BCUT2D eigenvalue weighted by Crippen LogP contribution is 2.30. The third-order valence-electron chi connectivity index (χ3n) is 6.98. The fourth-order valence-electron chi connectivity index (χ4n) is 5.41. The van der Waals surface area contributed by atoms with Crippen molar-refractivity contribution in [2.45, 2.75) is 57.3 Å². The SMILES string of the molecule is O=C1CCC(N2Cc3ccc(CN4CCC(C5CCCN5)C4)cc3C2=O)C(=O)N1. The first-order chi connectivity index (χ1) is 14.1. The molecular formula is C22H28N4O3. The number of carbonyl (C=O) groups excluding carboxylic acids is 3. The predicted octanol–water partition coefficient (Wildman–Crippen LogP) is 1.02. The van der Waals surface area contributed by atoms with E-state index in [1.165, 1.54) is 19.3 Å². The summed E-state index contributed by atoms with van der Waals surface area (Å²) >= 11 is 0. The van der Waals surface area contributed by atoms with Gasteiger partial charge in [-0.1, -0.05) is 12.1 Å². The molecule has 0 aromatic heterocycles. The number of amides is 3. The van der Waals surface area contributed by atoms with Gasteiger partial charge in [0.1, 0.15) is 6.04 Å². The number of imide groups is 1. The average molecular weight is 396 g/mol. The highest BCUT2D eigenvalue weighted by atomic mass is 16.2. The molecule has 154 valence electrons. The maximum Gasteiger partial charge on any atom is 0.255 e. The minimum Gasteiger partial charge on any atom is -0.322 e. The summed E-state index contributed by atoms with van der Waals surface area (Å²) in [6.07, 6.45) is 4.51. The van der Waals surface area contributed by atoms with Crippen molar-refractivity contribution in [1.29, 1.82) is 0 Å². The molecule has 29 heavy (non-hydrogen) atoms. The lowest BCUT2D eigenvalue weighted by atomic mass is 9.98. The van der Waals surface area contributed by atoms with E-state index in [0.717, 1.165) is 43.2 Å². The van der Waals surface area contributed by atoms with Crippen molar-refractivity contribution >= 4 is 17.7 Å². The number of hydrogen-bond donors (Lipinski definition) is 2. The quantitative estimate of drug-likeness (QED) is 0.743. The number of piperidine rings is 1. The fraction of sp³-hybridized carbons (Fsp3) is 0.591. The normalized spacial score (nSPS) is 30.1. The van der Waals surface area contributed by atoms with Crippen molar-refractivity contribution in [1.82, 2.24) is 20.4 Å². The average Bonchev–Trinajstić information content (AvgIpc) is 3.43. The summed E-state index contributed by atoms with van der Waals surface area (Å²) in [6, 6.07) is 6.27. The second kappa shape index (κ2) is 7.54. The van der Waals surface area contributed by atoms with Crippen LogP contribution in [0.1, 0.15) is 53.6 Å². The van der Waals surface area contributed by atoms with E-state index in [1.54, 1.807) is 4.90 Å². The topological polar surface area (TPSA) is 81.8 Å². The molecule has 3 amide bonds. The third-order valence-corrected chi connectivity index (χ3v) is 6.98. The van der Waals surface area contributed by atoms with E-state index in [9.17, 15) is 14.4 Å². The molecule has 3 atom stereocenters. The number of fused-ring (bicyclic) bond motifs is 1. The molecule has 1 aromatic rings. The van der Waals surface area contributed by atoms with Crippen LogP contribution >= 0.6 is 0 Å². The first-order valence-electron chi connectivity index (χ1n) is 10.8. The van der Waals surface area contributed by atoms with E-state index in [1.807, 2.05) is 12.1 Å². The van der Waals surface area contributed by atoms with Crippen molar-refractivity contribution in [3.05, 3.63) is 34.9 Å². The number of rotatable bonds is 4. The molecule has 0 spiro atoms. The Morgan fingerprint density at radius 2 is 2.00 bits per heavy atom. The van der Waals surface area contributed by atoms with Crippen LogP contribution in [0.15, 0.2) is 18.2 Å². The molecule has 7 nitrogen and oxygen atoms in total. The molecule has 3 fully saturated rings. The standard InChI is InChI=1S/C22H28N4O3/c27-20-6-5-19(21(28)24-20)26-13-15-4-3-14(10-17(15)22(26)29)11-25-9-7-16(12-25)18-2-1-8-23-18/h3-4,10,16,18-19,23H,1-2,5-9,11-13H2,(H,24,27,28). The van der Waals surface area contributed by atoms with Crippen molar-refractivity contribution in [2.75, 3.05) is 19.6 Å². The first kappa shape index (κ1) is 18.8. The van der Waals surface area contributed by atoms with Crippen LogP contribution in [-0.4, -0.2) is 59.2 Å². The largest absolute Gasteiger partial charge is 0.322 e. The van der Waals surface area contributed by atoms with Gasteiger partial charge in [0.2, 0.25) is 11.8 Å². The number of benzene rings is 1. The molecule has 5 rings (SSSR count). The number of carbonyl (C=O) groups is 3. The van der Waals surface area contributed by atoms with E-state index in [4.69, 9.17) is 0 Å². The summed E-state index contributed by atoms with van der Waals surface area (Å²) in [5.41, 5.74) is 2.83. The van der Waals surface area contributed by atoms with E-state index < -0.39 is 6.04 Å². The lowest BCUT2D eigenvalue weighted by molar-refractivity contribution is -0.136. The van der Waals surface area contributed by atoms with Crippen LogP contribution in [-0.2, 0) is 22.7 Å². The minimum absolute atomic E-state index is 0.0918. The van der Waals surface area contributed by atoms with Crippen LogP contribution in [0.25, 0.3) is 0 Å². The molecule has 0 radical (unpaired) electrons. The fourth-order valence-corrected chi connectivity index (χ4v) is 5.41. The molecule has 1 aromatic carbocycles. The lowest BCUT2D eigenvalue weighted by Crippen LogP contribution is -2.52. The molecule has 0 bridgehead atoms. The summed E-state index contributed by atoms with van der Waals surface area (Å²) in [5.74, 6) is 0.0306. The number of likely N-dealkylation sites (tertiary alicyclic amines) is 1. The van der Waals surface area contributed by atoms with Gasteiger partial charge in [-0.25, -0.2) is 0 Å². The third kappa shape index (κ3) is 3.57. The van der Waals surface area contributed by atoms with E-state index >= 15 is 0 Å². The summed E-state index contributed by atoms with van der Waals surface area (Å²) < 4.78 is 0. The molecule has 3 saturated heterocycles. The Morgan fingerprint density at radius 3 is 2.79 bits per heavy atom. The highest BCUT2D eigenvalue weighted by molar-refractivity contribution is 6.05. The monoisotopic (exact) mass is 396 g/mol. The summed E-state index contributed by atoms with van der Waals surface area (Å²) in [5, 5.41) is 5.99. The van der Waals surface area contributed by atoms with Crippen LogP contribution in [0.5, 0.6) is 0 Å². The van der Waals surface area contributed by atoms with Gasteiger partial charge >= 0.3 is 0 Å². The molecular weight excluding hydrogens is 368 g/mol. The molecule has 2 N–H and O–H groups in total. The zero-order chi connectivity index (χ0) is 20.0. The Labute approximate surface area is 170 Å². The van der Waals surface area contributed by atoms with Gasteiger partial charge in [-0.3, -0.25) is 24.6 Å². The van der Waals surface area contributed by atoms with Gasteiger partial charge in [0.05, 0.1) is 0 Å². The Balaban J connectivity index is 1.25. The van der Waals surface area contributed by atoms with Gasteiger partial charge < -0.3 is 10.2 Å². The number of nitrogens with zero attached hydrogens (tertiary/aromatic N) is 2. The zero-order valence-corrected chi connectivity index (χ0v) is 16.7. The van der Waals surface area contributed by atoms with Crippen molar-refractivity contribution in [3.8, 4) is 0 Å². The Morgan fingerprint density at radius 1 is 1.10 bits per heavy atom. The molecule has 4 aliphatic rings. The molecule has 7 heteroatoms. The van der Waals surface area contributed by atoms with Crippen LogP contribution < -0.4 is 10.6 Å². The van der Waals surface area contributed by atoms with Gasteiger partial charge in [0, 0.05) is 37.7 Å². The van der Waals surface area contributed by atoms with Crippen molar-refractivity contribution < 1.29 is 14.4 Å². The molecule has 0 saturated carbocycles. The van der Waals surface area contributed by atoms with Gasteiger partial charge in [-0.2, -0.15) is 0 Å². The first-order valence-corrected chi connectivity index (χ1v) is 10.8. The smallest absolute Gasteiger partial charge is 0.255 e. The lowest BCUT2D eigenvalue weighted by Gasteiger charge is -2.29.